The Hall–Kier alpha value is -1.35. The second kappa shape index (κ2) is 7.08. The van der Waals surface area contributed by atoms with Crippen LogP contribution in [0.3, 0.4) is 0 Å². The highest BCUT2D eigenvalue weighted by molar-refractivity contribution is 5.73. The lowest BCUT2D eigenvalue weighted by Crippen LogP contribution is -2.39. The first-order valence-electron chi connectivity index (χ1n) is 7.63. The minimum atomic E-state index is -0.738. The number of carboxylic acids is 1. The minimum Gasteiger partial charge on any atom is -0.480 e. The van der Waals surface area contributed by atoms with E-state index in [0.717, 1.165) is 5.56 Å². The highest BCUT2D eigenvalue weighted by Gasteiger charge is 2.23. The molecule has 1 atom stereocenters. The Bertz CT molecular complexity index is 457. The van der Waals surface area contributed by atoms with Crippen LogP contribution in [0.4, 0.5) is 0 Å². The lowest BCUT2D eigenvalue weighted by molar-refractivity contribution is -0.143. The third-order valence-electron chi connectivity index (χ3n) is 3.76. The number of nitrogens with zero attached hydrogens (tertiary/aromatic N) is 1. The maximum atomic E-state index is 11.4. The molecule has 0 saturated heterocycles. The smallest absolute Gasteiger partial charge is 0.320 e. The molecule has 118 valence electrons. The molecule has 3 heteroatoms. The number of likely N-dealkylation sites (N-methyl/N-ethyl adjacent to an activating group) is 1. The van der Waals surface area contributed by atoms with Crippen molar-refractivity contribution in [2.24, 2.45) is 5.92 Å². The first-order chi connectivity index (χ1) is 9.61. The molecule has 0 saturated carbocycles. The van der Waals surface area contributed by atoms with Crippen molar-refractivity contribution in [3.8, 4) is 0 Å². The number of hydrogen-bond acceptors (Lipinski definition) is 2. The summed E-state index contributed by atoms with van der Waals surface area (Å²) < 4.78 is 0. The largest absolute Gasteiger partial charge is 0.480 e. The zero-order valence-corrected chi connectivity index (χ0v) is 14.2. The summed E-state index contributed by atoms with van der Waals surface area (Å²) in [5, 5.41) is 9.38. The molecular weight excluding hydrogens is 262 g/mol. The van der Waals surface area contributed by atoms with Crippen LogP contribution in [0.5, 0.6) is 0 Å². The summed E-state index contributed by atoms with van der Waals surface area (Å²) in [5.74, 6) is -0.366. The molecule has 3 nitrogen and oxygen atoms in total. The van der Waals surface area contributed by atoms with Crippen LogP contribution in [0.1, 0.15) is 52.2 Å². The van der Waals surface area contributed by atoms with E-state index in [4.69, 9.17) is 0 Å². The molecule has 0 aliphatic rings. The van der Waals surface area contributed by atoms with Gasteiger partial charge in [-0.25, -0.2) is 0 Å². The Labute approximate surface area is 129 Å². The lowest BCUT2D eigenvalue weighted by atomic mass is 9.86. The molecule has 0 spiro atoms. The molecule has 0 aliphatic heterocycles. The van der Waals surface area contributed by atoms with Crippen LogP contribution in [0.2, 0.25) is 0 Å². The van der Waals surface area contributed by atoms with Gasteiger partial charge in [0.15, 0.2) is 0 Å². The fourth-order valence-electron chi connectivity index (χ4n) is 2.42. The van der Waals surface area contributed by atoms with Crippen LogP contribution in [-0.2, 0) is 16.8 Å². The van der Waals surface area contributed by atoms with Crippen LogP contribution in [-0.4, -0.2) is 29.1 Å². The van der Waals surface area contributed by atoms with Crippen molar-refractivity contribution >= 4 is 5.97 Å². The summed E-state index contributed by atoms with van der Waals surface area (Å²) in [6.45, 7) is 11.4. The third kappa shape index (κ3) is 5.50. The van der Waals surface area contributed by atoms with Crippen LogP contribution >= 0.6 is 0 Å². The number of hydrogen-bond donors (Lipinski definition) is 1. The molecule has 0 aromatic heterocycles. The van der Waals surface area contributed by atoms with Crippen molar-refractivity contribution in [3.63, 3.8) is 0 Å². The van der Waals surface area contributed by atoms with Crippen molar-refractivity contribution in [3.05, 3.63) is 35.4 Å². The summed E-state index contributed by atoms with van der Waals surface area (Å²) in [6.07, 6.45) is 0.673. The van der Waals surface area contributed by atoms with Gasteiger partial charge in [-0.15, -0.1) is 0 Å². The Morgan fingerprint density at radius 2 is 1.71 bits per heavy atom. The summed E-state index contributed by atoms with van der Waals surface area (Å²) in [4.78, 5) is 13.3. The zero-order valence-electron chi connectivity index (χ0n) is 14.2. The normalized spacial score (nSPS) is 13.7. The SMILES string of the molecule is CC(C)CC(C(=O)O)N(C)Cc1ccc(C(C)(C)C)cc1. The molecular formula is C18H29NO2. The second-order valence-electron chi connectivity index (χ2n) is 7.35. The molecule has 0 bridgehead atoms. The van der Waals surface area contributed by atoms with Gasteiger partial charge >= 0.3 is 5.97 Å². The van der Waals surface area contributed by atoms with E-state index in [-0.39, 0.29) is 5.41 Å². The van der Waals surface area contributed by atoms with Gasteiger partial charge in [-0.2, -0.15) is 0 Å². The Kier molecular flexibility index (Phi) is 5.97. The fourth-order valence-corrected chi connectivity index (χ4v) is 2.42. The Balaban J connectivity index is 2.77. The molecule has 0 amide bonds. The maximum Gasteiger partial charge on any atom is 0.320 e. The number of carbonyl (C=O) groups is 1. The molecule has 0 aliphatic carbocycles. The zero-order chi connectivity index (χ0) is 16.2. The van der Waals surface area contributed by atoms with E-state index in [1.807, 2.05) is 11.9 Å². The van der Waals surface area contributed by atoms with Gasteiger partial charge in [0.25, 0.3) is 0 Å². The van der Waals surface area contributed by atoms with Gasteiger partial charge in [-0.05, 0) is 35.9 Å². The summed E-state index contributed by atoms with van der Waals surface area (Å²) in [7, 11) is 1.89. The van der Waals surface area contributed by atoms with Crippen molar-refractivity contribution in [1.29, 1.82) is 0 Å². The van der Waals surface area contributed by atoms with Gasteiger partial charge in [-0.3, -0.25) is 9.69 Å². The van der Waals surface area contributed by atoms with Crippen LogP contribution < -0.4 is 0 Å². The van der Waals surface area contributed by atoms with Gasteiger partial charge in [0.1, 0.15) is 6.04 Å². The molecule has 1 aromatic rings. The molecule has 1 unspecified atom stereocenters. The average molecular weight is 291 g/mol. The fraction of sp³-hybridized carbons (Fsp3) is 0.611. The molecule has 0 heterocycles. The van der Waals surface area contributed by atoms with Gasteiger partial charge in [-0.1, -0.05) is 58.9 Å². The molecule has 1 rings (SSSR count). The Morgan fingerprint density at radius 1 is 1.19 bits per heavy atom. The van der Waals surface area contributed by atoms with Gasteiger partial charge < -0.3 is 5.11 Å². The van der Waals surface area contributed by atoms with Gasteiger partial charge in [0.2, 0.25) is 0 Å². The molecule has 1 aromatic carbocycles. The highest BCUT2D eigenvalue weighted by atomic mass is 16.4. The summed E-state index contributed by atoms with van der Waals surface area (Å²) in [5.41, 5.74) is 2.59. The topological polar surface area (TPSA) is 40.5 Å². The van der Waals surface area contributed by atoms with E-state index in [0.29, 0.717) is 18.9 Å². The maximum absolute atomic E-state index is 11.4. The van der Waals surface area contributed by atoms with Crippen LogP contribution in [0.25, 0.3) is 0 Å². The lowest BCUT2D eigenvalue weighted by Gasteiger charge is -2.26. The average Bonchev–Trinajstić information content (AvgIpc) is 2.34. The second-order valence-corrected chi connectivity index (χ2v) is 7.35. The molecule has 0 radical (unpaired) electrons. The van der Waals surface area contributed by atoms with E-state index in [1.165, 1.54) is 5.56 Å². The highest BCUT2D eigenvalue weighted by Crippen LogP contribution is 2.23. The van der Waals surface area contributed by atoms with E-state index >= 15 is 0 Å². The van der Waals surface area contributed by atoms with Crippen molar-refractivity contribution in [2.75, 3.05) is 7.05 Å². The molecule has 0 fully saturated rings. The van der Waals surface area contributed by atoms with Gasteiger partial charge in [0, 0.05) is 6.54 Å². The standard InChI is InChI=1S/C18H29NO2/c1-13(2)11-16(17(20)21)19(6)12-14-7-9-15(10-8-14)18(3,4)5/h7-10,13,16H,11-12H2,1-6H3,(H,20,21). The van der Waals surface area contributed by atoms with E-state index < -0.39 is 12.0 Å². The van der Waals surface area contributed by atoms with E-state index in [1.54, 1.807) is 0 Å². The number of aliphatic carboxylic acids is 1. The Morgan fingerprint density at radius 3 is 2.10 bits per heavy atom. The number of carboxylic acid groups (broad SMARTS) is 1. The van der Waals surface area contributed by atoms with Crippen molar-refractivity contribution in [1.82, 2.24) is 4.90 Å². The van der Waals surface area contributed by atoms with Crippen LogP contribution in [0, 0.1) is 5.92 Å². The quantitative estimate of drug-likeness (QED) is 0.863. The predicted molar refractivity (Wildman–Crippen MR) is 87.5 cm³/mol. The van der Waals surface area contributed by atoms with Crippen LogP contribution in [0.15, 0.2) is 24.3 Å². The summed E-state index contributed by atoms with van der Waals surface area (Å²) >= 11 is 0. The number of benzene rings is 1. The molecule has 1 N–H and O–H groups in total. The first kappa shape index (κ1) is 17.7. The van der Waals surface area contributed by atoms with Crippen molar-refractivity contribution in [2.45, 2.75) is 59.0 Å². The van der Waals surface area contributed by atoms with Gasteiger partial charge in [0.05, 0.1) is 0 Å². The number of rotatable bonds is 6. The predicted octanol–water partition coefficient (Wildman–Crippen LogP) is 3.92. The monoisotopic (exact) mass is 291 g/mol. The molecule has 21 heavy (non-hydrogen) atoms. The van der Waals surface area contributed by atoms with E-state index in [9.17, 15) is 9.90 Å². The van der Waals surface area contributed by atoms with E-state index in [2.05, 4.69) is 58.9 Å². The summed E-state index contributed by atoms with van der Waals surface area (Å²) in [6, 6.07) is 8.06. The van der Waals surface area contributed by atoms with Crippen molar-refractivity contribution < 1.29 is 9.90 Å². The minimum absolute atomic E-state index is 0.145. The first-order valence-corrected chi connectivity index (χ1v) is 7.63. The third-order valence-corrected chi connectivity index (χ3v) is 3.76.